The summed E-state index contributed by atoms with van der Waals surface area (Å²) in [5.41, 5.74) is 0.438. The number of aryl methyl sites for hydroxylation is 1. The molecule has 0 saturated heterocycles. The van der Waals surface area contributed by atoms with Gasteiger partial charge in [-0.05, 0) is 32.9 Å². The van der Waals surface area contributed by atoms with Gasteiger partial charge in [-0.3, -0.25) is 10.1 Å². The van der Waals surface area contributed by atoms with Gasteiger partial charge in [0, 0.05) is 6.07 Å². The van der Waals surface area contributed by atoms with E-state index >= 15 is 0 Å². The third-order valence-electron chi connectivity index (χ3n) is 3.06. The summed E-state index contributed by atoms with van der Waals surface area (Å²) in [5.74, 6) is -3.11. The normalized spacial score (nSPS) is 11.7. The van der Waals surface area contributed by atoms with E-state index in [0.717, 1.165) is 23.5 Å². The monoisotopic (exact) mass is 370 g/mol. The number of ether oxygens (including phenoxy) is 2. The number of carbonyl (C=O) groups is 2. The van der Waals surface area contributed by atoms with Crippen LogP contribution in [0.2, 0.25) is 0 Å². The van der Waals surface area contributed by atoms with Gasteiger partial charge in [-0.1, -0.05) is 11.3 Å². The minimum absolute atomic E-state index is 0.0177. The summed E-state index contributed by atoms with van der Waals surface area (Å²) in [6.45, 7) is 4.99. The predicted molar refractivity (Wildman–Crippen MR) is 87.9 cm³/mol. The molecule has 6 nitrogen and oxygen atoms in total. The van der Waals surface area contributed by atoms with Gasteiger partial charge in [0.15, 0.2) is 22.9 Å². The summed E-state index contributed by atoms with van der Waals surface area (Å²) in [7, 11) is 0. The number of halogens is 2. The summed E-state index contributed by atoms with van der Waals surface area (Å²) >= 11 is 0.981. The van der Waals surface area contributed by atoms with Gasteiger partial charge in [0.25, 0.3) is 5.91 Å². The van der Waals surface area contributed by atoms with Crippen molar-refractivity contribution in [1.29, 1.82) is 0 Å². The van der Waals surface area contributed by atoms with Crippen molar-refractivity contribution in [3.63, 3.8) is 0 Å². The third kappa shape index (κ3) is 4.72. The molecule has 1 amide bonds. The molecule has 0 bridgehead atoms. The SMILES string of the molecule is CCOC(=O)c1sc(NC(=O)C(C)Oc2ccc(F)c(F)c2)nc1C. The number of carbonyl (C=O) groups excluding carboxylic acids is 2. The van der Waals surface area contributed by atoms with Crippen molar-refractivity contribution in [1.82, 2.24) is 4.98 Å². The molecule has 0 spiro atoms. The number of hydrogen-bond acceptors (Lipinski definition) is 6. The maximum atomic E-state index is 13.2. The maximum absolute atomic E-state index is 13.2. The van der Waals surface area contributed by atoms with Crippen LogP contribution >= 0.6 is 11.3 Å². The van der Waals surface area contributed by atoms with Crippen LogP contribution in [0.3, 0.4) is 0 Å². The number of nitrogens with one attached hydrogen (secondary N) is 1. The number of esters is 1. The van der Waals surface area contributed by atoms with Crippen LogP contribution in [0.15, 0.2) is 18.2 Å². The zero-order valence-electron chi connectivity index (χ0n) is 13.8. The molecule has 0 saturated carbocycles. The van der Waals surface area contributed by atoms with E-state index in [-0.39, 0.29) is 17.5 Å². The lowest BCUT2D eigenvalue weighted by Crippen LogP contribution is -2.30. The molecule has 9 heteroatoms. The molecule has 1 aromatic carbocycles. The molecule has 0 aliphatic rings. The minimum atomic E-state index is -1.07. The molecule has 2 aromatic rings. The first-order valence-corrected chi connectivity index (χ1v) is 8.20. The largest absolute Gasteiger partial charge is 0.481 e. The fraction of sp³-hybridized carbons (Fsp3) is 0.312. The van der Waals surface area contributed by atoms with Gasteiger partial charge < -0.3 is 9.47 Å². The van der Waals surface area contributed by atoms with Crippen LogP contribution in [0.1, 0.15) is 29.2 Å². The van der Waals surface area contributed by atoms with Crippen LogP contribution in [-0.4, -0.2) is 29.6 Å². The van der Waals surface area contributed by atoms with Crippen molar-refractivity contribution in [2.75, 3.05) is 11.9 Å². The number of thiazole rings is 1. The number of benzene rings is 1. The number of aromatic nitrogens is 1. The van der Waals surface area contributed by atoms with E-state index in [2.05, 4.69) is 10.3 Å². The second-order valence-corrected chi connectivity index (χ2v) is 5.98. The van der Waals surface area contributed by atoms with E-state index in [1.165, 1.54) is 13.0 Å². The van der Waals surface area contributed by atoms with Crippen LogP contribution < -0.4 is 10.1 Å². The zero-order valence-corrected chi connectivity index (χ0v) is 14.6. The van der Waals surface area contributed by atoms with Crippen molar-refractivity contribution < 1.29 is 27.8 Å². The lowest BCUT2D eigenvalue weighted by atomic mass is 10.3. The summed E-state index contributed by atoms with van der Waals surface area (Å²) in [5, 5.41) is 2.73. The molecule has 0 fully saturated rings. The Morgan fingerprint density at radius 2 is 2.04 bits per heavy atom. The predicted octanol–water partition coefficient (Wildman–Crippen LogP) is 3.31. The van der Waals surface area contributed by atoms with E-state index in [1.807, 2.05) is 0 Å². The van der Waals surface area contributed by atoms with Crippen LogP contribution in [-0.2, 0) is 9.53 Å². The minimum Gasteiger partial charge on any atom is -0.481 e. The standard InChI is InChI=1S/C16H16F2N2O4S/c1-4-23-15(22)13-8(2)19-16(25-13)20-14(21)9(3)24-10-5-6-11(17)12(18)7-10/h5-7,9H,4H2,1-3H3,(H,19,20,21). The number of hydrogen-bond donors (Lipinski definition) is 1. The van der Waals surface area contributed by atoms with Gasteiger partial charge in [0.1, 0.15) is 10.6 Å². The lowest BCUT2D eigenvalue weighted by molar-refractivity contribution is -0.122. The van der Waals surface area contributed by atoms with Crippen molar-refractivity contribution in [2.24, 2.45) is 0 Å². The van der Waals surface area contributed by atoms with Gasteiger partial charge in [-0.2, -0.15) is 0 Å². The van der Waals surface area contributed by atoms with Crippen molar-refractivity contribution in [3.05, 3.63) is 40.4 Å². The fourth-order valence-corrected chi connectivity index (χ4v) is 2.71. The number of rotatable bonds is 6. The summed E-state index contributed by atoms with van der Waals surface area (Å²) in [4.78, 5) is 28.3. The molecule has 1 N–H and O–H groups in total. The summed E-state index contributed by atoms with van der Waals surface area (Å²) in [6, 6.07) is 2.98. The van der Waals surface area contributed by atoms with Crippen LogP contribution in [0.5, 0.6) is 5.75 Å². The van der Waals surface area contributed by atoms with Crippen LogP contribution in [0.25, 0.3) is 0 Å². The molecule has 0 radical (unpaired) electrons. The second-order valence-electron chi connectivity index (χ2n) is 4.98. The average Bonchev–Trinajstić information content (AvgIpc) is 2.91. The molecule has 1 aromatic heterocycles. The number of nitrogens with zero attached hydrogens (tertiary/aromatic N) is 1. The van der Waals surface area contributed by atoms with Gasteiger partial charge >= 0.3 is 5.97 Å². The molecular formula is C16H16F2N2O4S. The van der Waals surface area contributed by atoms with Gasteiger partial charge in [-0.25, -0.2) is 18.6 Å². The molecule has 2 rings (SSSR count). The van der Waals surface area contributed by atoms with Crippen molar-refractivity contribution in [2.45, 2.75) is 26.9 Å². The topological polar surface area (TPSA) is 77.5 Å². The van der Waals surface area contributed by atoms with E-state index in [9.17, 15) is 18.4 Å². The van der Waals surface area contributed by atoms with E-state index in [0.29, 0.717) is 10.6 Å². The van der Waals surface area contributed by atoms with Crippen molar-refractivity contribution >= 4 is 28.3 Å². The molecular weight excluding hydrogens is 354 g/mol. The fourth-order valence-electron chi connectivity index (χ4n) is 1.85. The quantitative estimate of drug-likeness (QED) is 0.790. The highest BCUT2D eigenvalue weighted by atomic mass is 32.1. The zero-order chi connectivity index (χ0) is 18.6. The molecule has 1 atom stereocenters. The Bertz CT molecular complexity index is 794. The number of anilines is 1. The van der Waals surface area contributed by atoms with E-state index < -0.39 is 29.6 Å². The average molecular weight is 370 g/mol. The Balaban J connectivity index is 2.02. The van der Waals surface area contributed by atoms with Crippen molar-refractivity contribution in [3.8, 4) is 5.75 Å². The lowest BCUT2D eigenvalue weighted by Gasteiger charge is -2.13. The Kier molecular flexibility index (Phi) is 6.02. The third-order valence-corrected chi connectivity index (χ3v) is 4.11. The summed E-state index contributed by atoms with van der Waals surface area (Å²) in [6.07, 6.45) is -0.986. The number of amides is 1. The van der Waals surface area contributed by atoms with Crippen LogP contribution in [0, 0.1) is 18.6 Å². The molecule has 1 heterocycles. The Hall–Kier alpha value is -2.55. The smallest absolute Gasteiger partial charge is 0.350 e. The highest BCUT2D eigenvalue weighted by molar-refractivity contribution is 7.17. The first kappa shape index (κ1) is 18.8. The Morgan fingerprint density at radius 1 is 1.32 bits per heavy atom. The van der Waals surface area contributed by atoms with E-state index in [4.69, 9.17) is 9.47 Å². The molecule has 0 aliphatic carbocycles. The first-order chi connectivity index (χ1) is 11.8. The highest BCUT2D eigenvalue weighted by Crippen LogP contribution is 2.24. The molecule has 0 aliphatic heterocycles. The second kappa shape index (κ2) is 8.02. The highest BCUT2D eigenvalue weighted by Gasteiger charge is 2.21. The first-order valence-electron chi connectivity index (χ1n) is 7.39. The summed E-state index contributed by atoms with van der Waals surface area (Å²) < 4.78 is 36.2. The molecule has 25 heavy (non-hydrogen) atoms. The maximum Gasteiger partial charge on any atom is 0.350 e. The molecule has 134 valence electrons. The van der Waals surface area contributed by atoms with Gasteiger partial charge in [-0.15, -0.1) is 0 Å². The Morgan fingerprint density at radius 3 is 2.68 bits per heavy atom. The van der Waals surface area contributed by atoms with Crippen LogP contribution in [0.4, 0.5) is 13.9 Å². The Labute approximate surface area is 146 Å². The van der Waals surface area contributed by atoms with Gasteiger partial charge in [0.05, 0.1) is 12.3 Å². The van der Waals surface area contributed by atoms with Gasteiger partial charge in [0.2, 0.25) is 0 Å². The van der Waals surface area contributed by atoms with E-state index in [1.54, 1.807) is 13.8 Å². The molecule has 1 unspecified atom stereocenters.